The molecule has 0 aliphatic heterocycles. The fraction of sp³-hybridized carbons (Fsp3) is 0.368. The van der Waals surface area contributed by atoms with Gasteiger partial charge in [-0.2, -0.15) is 0 Å². The van der Waals surface area contributed by atoms with Gasteiger partial charge in [-0.3, -0.25) is 4.79 Å². The Bertz CT molecular complexity index is 758. The highest BCUT2D eigenvalue weighted by atomic mass is 16.3. The van der Waals surface area contributed by atoms with Crippen LogP contribution in [-0.2, 0) is 6.54 Å². The molecule has 0 saturated carbocycles. The minimum Gasteiger partial charge on any atom is -0.394 e. The van der Waals surface area contributed by atoms with E-state index >= 15 is 0 Å². The molecule has 0 spiro atoms. The lowest BCUT2D eigenvalue weighted by Crippen LogP contribution is -2.50. The van der Waals surface area contributed by atoms with Crippen molar-refractivity contribution in [2.75, 3.05) is 11.9 Å². The van der Waals surface area contributed by atoms with Crippen LogP contribution < -0.4 is 16.2 Å². The van der Waals surface area contributed by atoms with E-state index in [0.717, 1.165) is 12.0 Å². The lowest BCUT2D eigenvalue weighted by molar-refractivity contribution is 0.167. The third-order valence-electron chi connectivity index (χ3n) is 4.03. The molecule has 0 saturated heterocycles. The maximum Gasteiger partial charge on any atom is 0.319 e. The molecule has 2 aromatic rings. The zero-order chi connectivity index (χ0) is 18.3. The summed E-state index contributed by atoms with van der Waals surface area (Å²) in [4.78, 5) is 24.7. The number of nitrogens with zero attached hydrogens (tertiary/aromatic N) is 1. The summed E-state index contributed by atoms with van der Waals surface area (Å²) in [6, 6.07) is 12.4. The molecular weight excluding hydrogens is 318 g/mol. The van der Waals surface area contributed by atoms with Crippen LogP contribution in [0.4, 0.5) is 10.5 Å². The van der Waals surface area contributed by atoms with Gasteiger partial charge >= 0.3 is 6.03 Å². The van der Waals surface area contributed by atoms with Gasteiger partial charge in [0.15, 0.2) is 0 Å². The third-order valence-corrected chi connectivity index (χ3v) is 4.03. The minimum atomic E-state index is -0.712. The fourth-order valence-electron chi connectivity index (χ4n) is 2.70. The van der Waals surface area contributed by atoms with Crippen molar-refractivity contribution in [1.29, 1.82) is 0 Å². The molecule has 0 aliphatic rings. The van der Waals surface area contributed by atoms with Gasteiger partial charge in [-0.25, -0.2) is 4.79 Å². The number of hydrogen-bond acceptors (Lipinski definition) is 3. The fourth-order valence-corrected chi connectivity index (χ4v) is 2.70. The molecule has 1 atom stereocenters. The van der Waals surface area contributed by atoms with Crippen LogP contribution in [0.25, 0.3) is 0 Å². The number of aromatic nitrogens is 1. The Morgan fingerprint density at radius 1 is 1.20 bits per heavy atom. The van der Waals surface area contributed by atoms with E-state index in [1.165, 1.54) is 0 Å². The third kappa shape index (κ3) is 5.19. The van der Waals surface area contributed by atoms with Gasteiger partial charge in [-0.1, -0.05) is 43.7 Å². The highest BCUT2D eigenvalue weighted by molar-refractivity contribution is 5.89. The van der Waals surface area contributed by atoms with Gasteiger partial charge < -0.3 is 20.3 Å². The van der Waals surface area contributed by atoms with Crippen molar-refractivity contribution in [3.8, 4) is 0 Å². The second-order valence-corrected chi connectivity index (χ2v) is 6.39. The number of aliphatic hydroxyl groups is 1. The summed E-state index contributed by atoms with van der Waals surface area (Å²) in [6.07, 6.45) is 3.16. The molecule has 2 rings (SSSR count). The number of urea groups is 1. The first-order valence-electron chi connectivity index (χ1n) is 8.41. The van der Waals surface area contributed by atoms with E-state index in [1.54, 1.807) is 29.8 Å². The Labute approximate surface area is 147 Å². The number of rotatable bonds is 7. The molecule has 6 heteroatoms. The van der Waals surface area contributed by atoms with Crippen molar-refractivity contribution >= 4 is 11.7 Å². The van der Waals surface area contributed by atoms with Gasteiger partial charge in [-0.05, 0) is 31.0 Å². The Balaban J connectivity index is 2.11. The van der Waals surface area contributed by atoms with E-state index in [2.05, 4.69) is 10.6 Å². The highest BCUT2D eigenvalue weighted by Crippen LogP contribution is 2.11. The van der Waals surface area contributed by atoms with Crippen LogP contribution in [0.5, 0.6) is 0 Å². The maximum atomic E-state index is 12.5. The van der Waals surface area contributed by atoms with Crippen molar-refractivity contribution in [2.45, 2.75) is 38.8 Å². The number of benzene rings is 1. The van der Waals surface area contributed by atoms with Gasteiger partial charge in [-0.15, -0.1) is 0 Å². The first kappa shape index (κ1) is 18.7. The minimum absolute atomic E-state index is 0.165. The lowest BCUT2D eigenvalue weighted by Gasteiger charge is -2.28. The summed E-state index contributed by atoms with van der Waals surface area (Å²) >= 11 is 0. The predicted octanol–water partition coefficient (Wildman–Crippen LogP) is 2.57. The normalized spacial score (nSPS) is 13.1. The summed E-state index contributed by atoms with van der Waals surface area (Å²) in [5.41, 5.74) is 0.217. The second-order valence-electron chi connectivity index (χ2n) is 6.39. The zero-order valence-electron chi connectivity index (χ0n) is 14.7. The quantitative estimate of drug-likeness (QED) is 0.722. The van der Waals surface area contributed by atoms with Crippen molar-refractivity contribution in [2.24, 2.45) is 0 Å². The summed E-state index contributed by atoms with van der Waals surface area (Å²) in [5, 5.41) is 14.8. The van der Waals surface area contributed by atoms with Crippen molar-refractivity contribution in [1.82, 2.24) is 9.88 Å². The Kier molecular flexibility index (Phi) is 6.36. The van der Waals surface area contributed by atoms with Gasteiger partial charge in [0, 0.05) is 6.20 Å². The molecule has 1 unspecified atom stereocenters. The molecular formula is C19H25N3O3. The number of amides is 2. The van der Waals surface area contributed by atoms with Gasteiger partial charge in [0.1, 0.15) is 5.69 Å². The molecule has 0 fully saturated rings. The van der Waals surface area contributed by atoms with E-state index in [1.807, 2.05) is 37.3 Å². The SMILES string of the molecule is CCCC(C)(CO)NC(=O)Nc1cccn(Cc2ccccc2)c1=O. The maximum absolute atomic E-state index is 12.5. The van der Waals surface area contributed by atoms with Gasteiger partial charge in [0.25, 0.3) is 5.56 Å². The van der Waals surface area contributed by atoms with Crippen LogP contribution in [0.2, 0.25) is 0 Å². The zero-order valence-corrected chi connectivity index (χ0v) is 14.7. The molecule has 0 radical (unpaired) electrons. The Morgan fingerprint density at radius 3 is 2.56 bits per heavy atom. The topological polar surface area (TPSA) is 83.4 Å². The highest BCUT2D eigenvalue weighted by Gasteiger charge is 2.24. The second kappa shape index (κ2) is 8.48. The van der Waals surface area contributed by atoms with Crippen LogP contribution in [-0.4, -0.2) is 27.9 Å². The summed E-state index contributed by atoms with van der Waals surface area (Å²) in [5.74, 6) is 0. The van der Waals surface area contributed by atoms with Crippen LogP contribution in [0.3, 0.4) is 0 Å². The molecule has 3 N–H and O–H groups in total. The molecule has 134 valence electrons. The average molecular weight is 343 g/mol. The van der Waals surface area contributed by atoms with Crippen LogP contribution in [0.1, 0.15) is 32.3 Å². The predicted molar refractivity (Wildman–Crippen MR) is 98.8 cm³/mol. The smallest absolute Gasteiger partial charge is 0.319 e. The van der Waals surface area contributed by atoms with Crippen LogP contribution in [0, 0.1) is 0 Å². The van der Waals surface area contributed by atoms with E-state index in [4.69, 9.17) is 0 Å². The van der Waals surface area contributed by atoms with E-state index in [9.17, 15) is 14.7 Å². The molecule has 0 aliphatic carbocycles. The number of nitrogens with one attached hydrogen (secondary N) is 2. The van der Waals surface area contributed by atoms with Crippen molar-refractivity contribution in [3.63, 3.8) is 0 Å². The van der Waals surface area contributed by atoms with Gasteiger partial charge in [0.2, 0.25) is 0 Å². The standard InChI is InChI=1S/C19H25N3O3/c1-3-11-19(2,14-23)21-18(25)20-16-10-7-12-22(17(16)24)13-15-8-5-4-6-9-15/h4-10,12,23H,3,11,13-14H2,1-2H3,(H2,20,21,25). The summed E-state index contributed by atoms with van der Waals surface area (Å²) in [6.45, 7) is 4.02. The molecule has 0 bridgehead atoms. The average Bonchev–Trinajstić information content (AvgIpc) is 2.59. The molecule has 6 nitrogen and oxygen atoms in total. The summed E-state index contributed by atoms with van der Waals surface area (Å²) in [7, 11) is 0. The van der Waals surface area contributed by atoms with E-state index < -0.39 is 11.6 Å². The molecule has 1 heterocycles. The first-order valence-corrected chi connectivity index (χ1v) is 8.41. The van der Waals surface area contributed by atoms with Crippen LogP contribution in [0.15, 0.2) is 53.5 Å². The van der Waals surface area contributed by atoms with Crippen molar-refractivity contribution in [3.05, 3.63) is 64.6 Å². The van der Waals surface area contributed by atoms with E-state index in [-0.39, 0.29) is 17.9 Å². The first-order chi connectivity index (χ1) is 12.0. The monoisotopic (exact) mass is 343 g/mol. The van der Waals surface area contributed by atoms with Gasteiger partial charge in [0.05, 0.1) is 18.7 Å². The summed E-state index contributed by atoms with van der Waals surface area (Å²) < 4.78 is 1.54. The Hall–Kier alpha value is -2.60. The number of carbonyl (C=O) groups is 1. The number of anilines is 1. The molecule has 25 heavy (non-hydrogen) atoms. The molecule has 1 aromatic carbocycles. The van der Waals surface area contributed by atoms with Crippen molar-refractivity contribution < 1.29 is 9.90 Å². The number of aliphatic hydroxyl groups excluding tert-OH is 1. The molecule has 2 amide bonds. The number of hydrogen-bond donors (Lipinski definition) is 3. The van der Waals surface area contributed by atoms with E-state index in [0.29, 0.717) is 13.0 Å². The van der Waals surface area contributed by atoms with Crippen LogP contribution >= 0.6 is 0 Å². The largest absolute Gasteiger partial charge is 0.394 e. The lowest BCUT2D eigenvalue weighted by atomic mass is 9.98. The number of pyridine rings is 1. The number of carbonyl (C=O) groups excluding carboxylic acids is 1. The molecule has 1 aromatic heterocycles. The Morgan fingerprint density at radius 2 is 1.92 bits per heavy atom.